The molecule has 1 aromatic carbocycles. The van der Waals surface area contributed by atoms with Crippen molar-refractivity contribution in [1.29, 1.82) is 0 Å². The molecule has 6 nitrogen and oxygen atoms in total. The van der Waals surface area contributed by atoms with Gasteiger partial charge in [0.05, 0.1) is 19.6 Å². The van der Waals surface area contributed by atoms with E-state index in [4.69, 9.17) is 10.5 Å². The van der Waals surface area contributed by atoms with Crippen LogP contribution in [-0.2, 0) is 20.7 Å². The minimum absolute atomic E-state index is 0.0762. The average Bonchev–Trinajstić information content (AvgIpc) is 2.49. The first-order chi connectivity index (χ1) is 10.1. The van der Waals surface area contributed by atoms with Crippen molar-refractivity contribution in [3.63, 3.8) is 0 Å². The summed E-state index contributed by atoms with van der Waals surface area (Å²) in [5.74, 6) is -0.283. The predicted octanol–water partition coefficient (Wildman–Crippen LogP) is 0.175. The fraction of sp³-hybridized carbons (Fsp3) is 0.467. The first-order valence-electron chi connectivity index (χ1n) is 7.07. The molecule has 1 aliphatic rings. The second-order valence-electron chi connectivity index (χ2n) is 5.10. The number of hydrogen-bond acceptors (Lipinski definition) is 4. The number of morpholine rings is 1. The quantitative estimate of drug-likeness (QED) is 0.775. The summed E-state index contributed by atoms with van der Waals surface area (Å²) in [4.78, 5) is 25.9. The standard InChI is InChI=1S/C15H21N3O3/c1-11(15(20)18-6-8-21-9-7-18)17-14(19)10-12-4-2-3-5-13(12)16/h2-5,11H,6-10,16H2,1H3,(H,17,19). The zero-order valence-electron chi connectivity index (χ0n) is 12.2. The number of nitrogens with one attached hydrogen (secondary N) is 1. The molecule has 1 fully saturated rings. The second kappa shape index (κ2) is 7.08. The molecule has 6 heteroatoms. The number of carbonyl (C=O) groups excluding carboxylic acids is 2. The number of anilines is 1. The number of ether oxygens (including phenoxy) is 1. The Kier molecular flexibility index (Phi) is 5.16. The first-order valence-corrected chi connectivity index (χ1v) is 7.07. The van der Waals surface area contributed by atoms with Crippen LogP contribution in [0.3, 0.4) is 0 Å². The molecule has 1 saturated heterocycles. The Morgan fingerprint density at radius 2 is 2.00 bits per heavy atom. The van der Waals surface area contributed by atoms with Gasteiger partial charge in [-0.3, -0.25) is 9.59 Å². The van der Waals surface area contributed by atoms with Crippen LogP contribution in [-0.4, -0.2) is 49.1 Å². The number of para-hydroxylation sites is 1. The number of nitrogen functional groups attached to an aromatic ring is 1. The van der Waals surface area contributed by atoms with Gasteiger partial charge in [-0.1, -0.05) is 18.2 Å². The van der Waals surface area contributed by atoms with Crippen LogP contribution < -0.4 is 11.1 Å². The third kappa shape index (κ3) is 4.19. The number of amides is 2. The highest BCUT2D eigenvalue weighted by Crippen LogP contribution is 2.11. The van der Waals surface area contributed by atoms with Gasteiger partial charge in [-0.2, -0.15) is 0 Å². The van der Waals surface area contributed by atoms with Crippen molar-refractivity contribution >= 4 is 17.5 Å². The van der Waals surface area contributed by atoms with Crippen LogP contribution in [0.4, 0.5) is 5.69 Å². The van der Waals surface area contributed by atoms with E-state index in [0.29, 0.717) is 32.0 Å². The average molecular weight is 291 g/mol. The van der Waals surface area contributed by atoms with Crippen molar-refractivity contribution in [3.05, 3.63) is 29.8 Å². The molecule has 3 N–H and O–H groups in total. The van der Waals surface area contributed by atoms with E-state index < -0.39 is 6.04 Å². The SMILES string of the molecule is CC(NC(=O)Cc1ccccc1N)C(=O)N1CCOCC1. The highest BCUT2D eigenvalue weighted by Gasteiger charge is 2.23. The summed E-state index contributed by atoms with van der Waals surface area (Å²) >= 11 is 0. The molecular formula is C15H21N3O3. The molecule has 1 aliphatic heterocycles. The minimum atomic E-state index is -0.541. The largest absolute Gasteiger partial charge is 0.398 e. The Hall–Kier alpha value is -2.08. The molecule has 0 saturated carbocycles. The first kappa shape index (κ1) is 15.3. The molecule has 1 unspecified atom stereocenters. The lowest BCUT2D eigenvalue weighted by molar-refractivity contribution is -0.139. The third-order valence-corrected chi connectivity index (χ3v) is 3.48. The lowest BCUT2D eigenvalue weighted by Crippen LogP contribution is -2.50. The Labute approximate surface area is 124 Å². The molecule has 0 aliphatic carbocycles. The molecule has 0 radical (unpaired) electrons. The van der Waals surface area contributed by atoms with E-state index in [1.54, 1.807) is 17.9 Å². The predicted molar refractivity (Wildman–Crippen MR) is 79.6 cm³/mol. The molecule has 2 amide bonds. The van der Waals surface area contributed by atoms with Crippen LogP contribution in [0.1, 0.15) is 12.5 Å². The summed E-state index contributed by atoms with van der Waals surface area (Å²) in [5.41, 5.74) is 7.16. The maximum Gasteiger partial charge on any atom is 0.245 e. The summed E-state index contributed by atoms with van der Waals surface area (Å²) in [7, 11) is 0. The number of carbonyl (C=O) groups is 2. The van der Waals surface area contributed by atoms with Crippen LogP contribution in [0.25, 0.3) is 0 Å². The van der Waals surface area contributed by atoms with Gasteiger partial charge >= 0.3 is 0 Å². The summed E-state index contributed by atoms with van der Waals surface area (Å²) in [6.45, 7) is 3.94. The molecular weight excluding hydrogens is 270 g/mol. The molecule has 2 rings (SSSR count). The van der Waals surface area contributed by atoms with Gasteiger partial charge in [0.25, 0.3) is 0 Å². The maximum absolute atomic E-state index is 12.2. The van der Waals surface area contributed by atoms with Crippen LogP contribution >= 0.6 is 0 Å². The van der Waals surface area contributed by atoms with Gasteiger partial charge in [-0.15, -0.1) is 0 Å². The van der Waals surface area contributed by atoms with Crippen molar-refractivity contribution in [2.24, 2.45) is 0 Å². The van der Waals surface area contributed by atoms with E-state index in [1.165, 1.54) is 0 Å². The zero-order chi connectivity index (χ0) is 15.2. The van der Waals surface area contributed by atoms with Crippen molar-refractivity contribution in [3.8, 4) is 0 Å². The van der Waals surface area contributed by atoms with Crippen LogP contribution in [0, 0.1) is 0 Å². The highest BCUT2D eigenvalue weighted by molar-refractivity contribution is 5.88. The molecule has 0 aromatic heterocycles. The molecule has 1 heterocycles. The van der Waals surface area contributed by atoms with Gasteiger partial charge in [0.15, 0.2) is 0 Å². The van der Waals surface area contributed by atoms with Crippen molar-refractivity contribution in [2.45, 2.75) is 19.4 Å². The number of hydrogen-bond donors (Lipinski definition) is 2. The summed E-state index contributed by atoms with van der Waals surface area (Å²) in [6, 6.07) is 6.68. The zero-order valence-corrected chi connectivity index (χ0v) is 12.2. The Morgan fingerprint density at radius 3 is 2.67 bits per heavy atom. The van der Waals surface area contributed by atoms with E-state index in [-0.39, 0.29) is 18.2 Å². The van der Waals surface area contributed by atoms with Crippen LogP contribution in [0.5, 0.6) is 0 Å². The van der Waals surface area contributed by atoms with E-state index in [0.717, 1.165) is 5.56 Å². The van der Waals surface area contributed by atoms with E-state index >= 15 is 0 Å². The van der Waals surface area contributed by atoms with E-state index in [2.05, 4.69) is 5.32 Å². The van der Waals surface area contributed by atoms with Crippen molar-refractivity contribution < 1.29 is 14.3 Å². The van der Waals surface area contributed by atoms with Gasteiger partial charge in [0.2, 0.25) is 11.8 Å². The van der Waals surface area contributed by atoms with Crippen molar-refractivity contribution in [1.82, 2.24) is 10.2 Å². The molecule has 1 atom stereocenters. The monoisotopic (exact) mass is 291 g/mol. The number of nitrogens with zero attached hydrogens (tertiary/aromatic N) is 1. The fourth-order valence-electron chi connectivity index (χ4n) is 2.28. The van der Waals surface area contributed by atoms with Gasteiger partial charge in [-0.25, -0.2) is 0 Å². The fourth-order valence-corrected chi connectivity index (χ4v) is 2.28. The van der Waals surface area contributed by atoms with E-state index in [9.17, 15) is 9.59 Å². The lowest BCUT2D eigenvalue weighted by Gasteiger charge is -2.29. The van der Waals surface area contributed by atoms with E-state index in [1.807, 2.05) is 18.2 Å². The molecule has 114 valence electrons. The summed E-state index contributed by atoms with van der Waals surface area (Å²) < 4.78 is 5.21. The number of benzene rings is 1. The normalized spacial score (nSPS) is 16.3. The van der Waals surface area contributed by atoms with Crippen LogP contribution in [0.2, 0.25) is 0 Å². The van der Waals surface area contributed by atoms with Gasteiger partial charge in [-0.05, 0) is 18.6 Å². The molecule has 1 aromatic rings. The Balaban J connectivity index is 1.87. The third-order valence-electron chi connectivity index (χ3n) is 3.48. The Morgan fingerprint density at radius 1 is 1.33 bits per heavy atom. The number of rotatable bonds is 4. The van der Waals surface area contributed by atoms with Gasteiger partial charge in [0, 0.05) is 18.8 Å². The molecule has 0 spiro atoms. The van der Waals surface area contributed by atoms with Crippen molar-refractivity contribution in [2.75, 3.05) is 32.0 Å². The summed E-state index contributed by atoms with van der Waals surface area (Å²) in [6.07, 6.45) is 0.174. The minimum Gasteiger partial charge on any atom is -0.398 e. The molecule has 21 heavy (non-hydrogen) atoms. The summed E-state index contributed by atoms with van der Waals surface area (Å²) in [5, 5.41) is 2.73. The maximum atomic E-state index is 12.2. The number of nitrogens with two attached hydrogens (primary N) is 1. The van der Waals surface area contributed by atoms with Crippen LogP contribution in [0.15, 0.2) is 24.3 Å². The Bertz CT molecular complexity index is 513. The van der Waals surface area contributed by atoms with Gasteiger partial charge in [0.1, 0.15) is 6.04 Å². The van der Waals surface area contributed by atoms with Gasteiger partial charge < -0.3 is 20.7 Å². The topological polar surface area (TPSA) is 84.7 Å². The second-order valence-corrected chi connectivity index (χ2v) is 5.10. The smallest absolute Gasteiger partial charge is 0.245 e. The molecule has 0 bridgehead atoms. The lowest BCUT2D eigenvalue weighted by atomic mass is 10.1. The highest BCUT2D eigenvalue weighted by atomic mass is 16.5.